The monoisotopic (exact) mass is 464 g/mol. The number of nitrogens with zero attached hydrogens (tertiary/aromatic N) is 4. The minimum atomic E-state index is 0.361. The van der Waals surface area contributed by atoms with Crippen molar-refractivity contribution in [2.45, 2.75) is 128 Å². The van der Waals surface area contributed by atoms with Crippen molar-refractivity contribution in [2.75, 3.05) is 11.5 Å². The SMILES string of the molecule is Nc1nc2c(c(-c3nc(N)nc4c3CCCCCCCCCC4)n1)CCCCCCCCCC2. The summed E-state index contributed by atoms with van der Waals surface area (Å²) in [6.07, 6.45) is 24.3. The van der Waals surface area contributed by atoms with Crippen LogP contribution in [0.2, 0.25) is 0 Å². The molecule has 2 heterocycles. The van der Waals surface area contributed by atoms with Gasteiger partial charge < -0.3 is 11.5 Å². The fourth-order valence-electron chi connectivity index (χ4n) is 5.74. The molecule has 4 rings (SSSR count). The van der Waals surface area contributed by atoms with Crippen LogP contribution in [0.4, 0.5) is 11.9 Å². The zero-order valence-corrected chi connectivity index (χ0v) is 21.1. The smallest absolute Gasteiger partial charge is 0.220 e. The average molecular weight is 465 g/mol. The Morgan fingerprint density at radius 2 is 0.647 bits per heavy atom. The van der Waals surface area contributed by atoms with E-state index < -0.39 is 0 Å². The molecule has 0 aromatic carbocycles. The number of aryl methyl sites for hydroxylation is 2. The maximum Gasteiger partial charge on any atom is 0.220 e. The first-order chi connectivity index (χ1) is 16.7. The highest BCUT2D eigenvalue weighted by Crippen LogP contribution is 2.32. The second-order valence-corrected chi connectivity index (χ2v) is 10.4. The van der Waals surface area contributed by atoms with E-state index in [9.17, 15) is 0 Å². The van der Waals surface area contributed by atoms with E-state index in [-0.39, 0.29) is 0 Å². The molecule has 0 spiro atoms. The van der Waals surface area contributed by atoms with Gasteiger partial charge >= 0.3 is 0 Å². The van der Waals surface area contributed by atoms with Gasteiger partial charge in [-0.1, -0.05) is 77.0 Å². The lowest BCUT2D eigenvalue weighted by Crippen LogP contribution is -2.13. The molecular formula is C28H44N6. The van der Waals surface area contributed by atoms with Crippen molar-refractivity contribution in [2.24, 2.45) is 0 Å². The minimum Gasteiger partial charge on any atom is -0.368 e. The Kier molecular flexibility index (Phi) is 9.52. The summed E-state index contributed by atoms with van der Waals surface area (Å²) in [4.78, 5) is 19.1. The zero-order chi connectivity index (χ0) is 23.6. The van der Waals surface area contributed by atoms with E-state index in [4.69, 9.17) is 31.4 Å². The Hall–Kier alpha value is -2.24. The second-order valence-electron chi connectivity index (χ2n) is 10.4. The Bertz CT molecular complexity index is 850. The predicted molar refractivity (Wildman–Crippen MR) is 141 cm³/mol. The number of hydrogen-bond donors (Lipinski definition) is 2. The average Bonchev–Trinajstić information content (AvgIpc) is 2.80. The van der Waals surface area contributed by atoms with Crippen molar-refractivity contribution in [1.29, 1.82) is 0 Å². The Balaban J connectivity index is 1.76. The van der Waals surface area contributed by atoms with Crippen molar-refractivity contribution in [1.82, 2.24) is 19.9 Å². The summed E-state index contributed by atoms with van der Waals surface area (Å²) < 4.78 is 0. The van der Waals surface area contributed by atoms with E-state index in [2.05, 4.69) is 0 Å². The zero-order valence-electron chi connectivity index (χ0n) is 21.1. The van der Waals surface area contributed by atoms with Crippen LogP contribution in [-0.4, -0.2) is 19.9 Å². The molecule has 0 bridgehead atoms. The second kappa shape index (κ2) is 13.0. The van der Waals surface area contributed by atoms with E-state index in [1.54, 1.807) is 0 Å². The molecular weight excluding hydrogens is 420 g/mol. The van der Waals surface area contributed by atoms with Gasteiger partial charge in [-0.15, -0.1) is 0 Å². The summed E-state index contributed by atoms with van der Waals surface area (Å²) in [6.45, 7) is 0. The van der Waals surface area contributed by atoms with E-state index >= 15 is 0 Å². The van der Waals surface area contributed by atoms with Gasteiger partial charge in [0.25, 0.3) is 0 Å². The van der Waals surface area contributed by atoms with Gasteiger partial charge in [-0.3, -0.25) is 0 Å². The van der Waals surface area contributed by atoms with Gasteiger partial charge in [0, 0.05) is 22.5 Å². The van der Waals surface area contributed by atoms with E-state index in [1.807, 2.05) is 0 Å². The maximum absolute atomic E-state index is 6.29. The highest BCUT2D eigenvalue weighted by molar-refractivity contribution is 5.67. The van der Waals surface area contributed by atoms with Crippen LogP contribution in [0.25, 0.3) is 11.4 Å². The maximum atomic E-state index is 6.29. The molecule has 0 saturated heterocycles. The first kappa shape index (κ1) is 24.9. The van der Waals surface area contributed by atoms with E-state index in [1.165, 1.54) is 88.2 Å². The largest absolute Gasteiger partial charge is 0.368 e. The third-order valence-electron chi connectivity index (χ3n) is 7.63. The standard InChI is InChI=1S/C28H44N6/c29-27-31-23-19-15-11-7-3-1-5-9-13-17-21(23)25(33-27)26-22-18-14-10-6-2-4-8-12-16-20-24(22)32-28(30)34-26/h1-20H2,(H2,29,31,33)(H2,30,32,34). The molecule has 2 aliphatic rings. The molecule has 2 aliphatic carbocycles. The van der Waals surface area contributed by atoms with E-state index in [0.717, 1.165) is 74.1 Å². The fraction of sp³-hybridized carbons (Fsp3) is 0.714. The van der Waals surface area contributed by atoms with Crippen LogP contribution >= 0.6 is 0 Å². The lowest BCUT2D eigenvalue weighted by Gasteiger charge is -2.19. The molecule has 0 amide bonds. The lowest BCUT2D eigenvalue weighted by molar-refractivity contribution is 0.555. The van der Waals surface area contributed by atoms with Crippen molar-refractivity contribution >= 4 is 11.9 Å². The number of fused-ring (bicyclic) bond motifs is 2. The molecule has 6 heteroatoms. The molecule has 34 heavy (non-hydrogen) atoms. The Morgan fingerprint density at radius 1 is 0.353 bits per heavy atom. The third-order valence-corrected chi connectivity index (χ3v) is 7.63. The van der Waals surface area contributed by atoms with Crippen molar-refractivity contribution in [3.8, 4) is 11.4 Å². The molecule has 2 aromatic heterocycles. The number of aromatic nitrogens is 4. The number of nitrogen functional groups attached to an aromatic ring is 2. The van der Waals surface area contributed by atoms with Crippen LogP contribution < -0.4 is 11.5 Å². The molecule has 6 nitrogen and oxygen atoms in total. The summed E-state index contributed by atoms with van der Waals surface area (Å²) in [6, 6.07) is 0. The van der Waals surface area contributed by atoms with Gasteiger partial charge in [-0.2, -0.15) is 0 Å². The summed E-state index contributed by atoms with van der Waals surface area (Å²) in [5.74, 6) is 0.722. The molecule has 4 N–H and O–H groups in total. The van der Waals surface area contributed by atoms with Gasteiger partial charge in [-0.25, -0.2) is 19.9 Å². The van der Waals surface area contributed by atoms with Crippen LogP contribution in [0.1, 0.15) is 125 Å². The molecule has 0 fully saturated rings. The van der Waals surface area contributed by atoms with Crippen LogP contribution in [0, 0.1) is 0 Å². The highest BCUT2D eigenvalue weighted by atomic mass is 15.0. The van der Waals surface area contributed by atoms with Crippen LogP contribution in [0.3, 0.4) is 0 Å². The Labute approximate surface area is 205 Å². The van der Waals surface area contributed by atoms with Gasteiger partial charge in [0.15, 0.2) is 0 Å². The molecule has 0 radical (unpaired) electrons. The number of rotatable bonds is 1. The first-order valence-electron chi connectivity index (χ1n) is 14.0. The van der Waals surface area contributed by atoms with Gasteiger partial charge in [-0.05, 0) is 51.4 Å². The summed E-state index contributed by atoms with van der Waals surface area (Å²) in [5, 5.41) is 0. The number of nitrogens with two attached hydrogens (primary N) is 2. The van der Waals surface area contributed by atoms with Gasteiger partial charge in [0.2, 0.25) is 11.9 Å². The van der Waals surface area contributed by atoms with Crippen LogP contribution in [0.15, 0.2) is 0 Å². The molecule has 0 unspecified atom stereocenters. The normalized spacial score (nSPS) is 19.4. The summed E-state index contributed by atoms with van der Waals surface area (Å²) in [7, 11) is 0. The summed E-state index contributed by atoms with van der Waals surface area (Å²) in [5.41, 5.74) is 19.2. The molecule has 0 atom stereocenters. The predicted octanol–water partition coefficient (Wildman–Crippen LogP) is 6.54. The number of hydrogen-bond acceptors (Lipinski definition) is 6. The van der Waals surface area contributed by atoms with E-state index in [0.29, 0.717) is 11.9 Å². The van der Waals surface area contributed by atoms with Crippen LogP contribution in [0.5, 0.6) is 0 Å². The van der Waals surface area contributed by atoms with Crippen molar-refractivity contribution in [3.05, 3.63) is 22.5 Å². The van der Waals surface area contributed by atoms with Gasteiger partial charge in [0.05, 0.1) is 11.4 Å². The molecule has 0 aliphatic heterocycles. The molecule has 186 valence electrons. The van der Waals surface area contributed by atoms with Crippen molar-refractivity contribution in [3.63, 3.8) is 0 Å². The molecule has 2 aromatic rings. The third kappa shape index (κ3) is 6.89. The number of anilines is 2. The van der Waals surface area contributed by atoms with Gasteiger partial charge in [0.1, 0.15) is 0 Å². The minimum absolute atomic E-state index is 0.361. The topological polar surface area (TPSA) is 104 Å². The Morgan fingerprint density at radius 3 is 1.00 bits per heavy atom. The first-order valence-corrected chi connectivity index (χ1v) is 14.0. The van der Waals surface area contributed by atoms with Crippen LogP contribution in [-0.2, 0) is 25.7 Å². The quantitative estimate of drug-likeness (QED) is 0.497. The van der Waals surface area contributed by atoms with Crippen molar-refractivity contribution < 1.29 is 0 Å². The fourth-order valence-corrected chi connectivity index (χ4v) is 5.74. The summed E-state index contributed by atoms with van der Waals surface area (Å²) >= 11 is 0. The highest BCUT2D eigenvalue weighted by Gasteiger charge is 2.22. The molecule has 0 saturated carbocycles. The lowest BCUT2D eigenvalue weighted by atomic mass is 9.92.